The van der Waals surface area contributed by atoms with Crippen LogP contribution in [0.4, 0.5) is 0 Å². The maximum atomic E-state index is 5.98. The molecule has 21 heavy (non-hydrogen) atoms. The number of hydrogen-bond acceptors (Lipinski definition) is 5. The zero-order chi connectivity index (χ0) is 15.4. The van der Waals surface area contributed by atoms with Gasteiger partial charge in [0.1, 0.15) is 6.04 Å². The molecule has 1 unspecified atom stereocenters. The molecule has 0 N–H and O–H groups in total. The fraction of sp³-hybridized carbons (Fsp3) is 0.357. The number of aliphatic imine (C=N–C) groups is 1. The zero-order valence-electron chi connectivity index (χ0n) is 12.4. The molecule has 112 valence electrons. The zero-order valence-corrected chi connectivity index (χ0v) is 13.9. The lowest BCUT2D eigenvalue weighted by molar-refractivity contribution is 0.288. The molecule has 0 aliphatic carbocycles. The van der Waals surface area contributed by atoms with Crippen LogP contribution in [0.3, 0.4) is 0 Å². The summed E-state index contributed by atoms with van der Waals surface area (Å²) < 4.78 is 5.37. The summed E-state index contributed by atoms with van der Waals surface area (Å²) in [6.07, 6.45) is 1.98. The molecular formula is C14H17ClN4OS. The maximum Gasteiger partial charge on any atom is 0.249 e. The SMILES string of the molecule is C/N=C(/SC)N(C)C(C)c1nc(-c2cccc(Cl)c2)no1. The molecule has 0 amide bonds. The van der Waals surface area contributed by atoms with E-state index < -0.39 is 0 Å². The van der Waals surface area contributed by atoms with Gasteiger partial charge in [0, 0.05) is 24.7 Å². The topological polar surface area (TPSA) is 54.5 Å². The second-order valence-electron chi connectivity index (χ2n) is 4.46. The molecule has 0 aliphatic rings. The second kappa shape index (κ2) is 6.95. The number of aromatic nitrogens is 2. The fourth-order valence-electron chi connectivity index (χ4n) is 1.87. The Morgan fingerprint density at radius 1 is 1.48 bits per heavy atom. The van der Waals surface area contributed by atoms with Crippen molar-refractivity contribution in [2.75, 3.05) is 20.4 Å². The number of halogens is 1. The predicted molar refractivity (Wildman–Crippen MR) is 87.8 cm³/mol. The van der Waals surface area contributed by atoms with E-state index in [0.717, 1.165) is 10.7 Å². The van der Waals surface area contributed by atoms with Gasteiger partial charge in [0.2, 0.25) is 11.7 Å². The van der Waals surface area contributed by atoms with Crippen molar-refractivity contribution in [2.24, 2.45) is 4.99 Å². The van der Waals surface area contributed by atoms with Crippen LogP contribution in [0.15, 0.2) is 33.8 Å². The van der Waals surface area contributed by atoms with Crippen LogP contribution in [0.1, 0.15) is 18.9 Å². The Kier molecular flexibility index (Phi) is 5.25. The standard InChI is InChI=1S/C14H17ClN4OS/c1-9(19(3)14(16-2)21-4)13-17-12(18-20-13)10-6-5-7-11(15)8-10/h5-9H,1-4H3/b16-14+. The summed E-state index contributed by atoms with van der Waals surface area (Å²) >= 11 is 7.56. The van der Waals surface area contributed by atoms with Gasteiger partial charge in [-0.25, -0.2) is 0 Å². The van der Waals surface area contributed by atoms with E-state index in [9.17, 15) is 0 Å². The Labute approximate surface area is 133 Å². The normalized spacial score (nSPS) is 13.3. The smallest absolute Gasteiger partial charge is 0.249 e. The van der Waals surface area contributed by atoms with Gasteiger partial charge in [-0.05, 0) is 25.3 Å². The van der Waals surface area contributed by atoms with Crippen LogP contribution in [0.25, 0.3) is 11.4 Å². The molecule has 2 rings (SSSR count). The molecule has 2 aromatic rings. The summed E-state index contributed by atoms with van der Waals surface area (Å²) in [6, 6.07) is 7.32. The lowest BCUT2D eigenvalue weighted by Crippen LogP contribution is -2.27. The minimum atomic E-state index is -0.0587. The van der Waals surface area contributed by atoms with Gasteiger partial charge in [-0.2, -0.15) is 4.98 Å². The molecule has 1 aromatic heterocycles. The van der Waals surface area contributed by atoms with Crippen LogP contribution in [-0.4, -0.2) is 40.6 Å². The maximum absolute atomic E-state index is 5.98. The van der Waals surface area contributed by atoms with Crippen molar-refractivity contribution in [3.63, 3.8) is 0 Å². The van der Waals surface area contributed by atoms with Gasteiger partial charge in [-0.3, -0.25) is 4.99 Å². The quantitative estimate of drug-likeness (QED) is 0.636. The van der Waals surface area contributed by atoms with Crippen molar-refractivity contribution in [1.82, 2.24) is 15.0 Å². The monoisotopic (exact) mass is 324 g/mol. The van der Waals surface area contributed by atoms with Crippen LogP contribution in [0, 0.1) is 0 Å². The highest BCUT2D eigenvalue weighted by molar-refractivity contribution is 8.13. The van der Waals surface area contributed by atoms with Crippen molar-refractivity contribution in [3.8, 4) is 11.4 Å². The van der Waals surface area contributed by atoms with Crippen LogP contribution in [-0.2, 0) is 0 Å². The molecule has 7 heteroatoms. The highest BCUT2D eigenvalue weighted by atomic mass is 35.5. The first kappa shape index (κ1) is 15.9. The van der Waals surface area contributed by atoms with Gasteiger partial charge in [0.15, 0.2) is 5.17 Å². The van der Waals surface area contributed by atoms with E-state index in [4.69, 9.17) is 16.1 Å². The minimum Gasteiger partial charge on any atom is -0.343 e. The van der Waals surface area contributed by atoms with Gasteiger partial charge in [0.05, 0.1) is 0 Å². The molecule has 1 atom stereocenters. The number of benzene rings is 1. The predicted octanol–water partition coefficient (Wildman–Crippen LogP) is 3.73. The number of hydrogen-bond donors (Lipinski definition) is 0. The van der Waals surface area contributed by atoms with Crippen molar-refractivity contribution in [1.29, 1.82) is 0 Å². The third-order valence-electron chi connectivity index (χ3n) is 3.14. The van der Waals surface area contributed by atoms with E-state index in [2.05, 4.69) is 15.1 Å². The van der Waals surface area contributed by atoms with E-state index >= 15 is 0 Å². The molecule has 1 aromatic carbocycles. The molecule has 1 heterocycles. The molecular weight excluding hydrogens is 308 g/mol. The summed E-state index contributed by atoms with van der Waals surface area (Å²) in [4.78, 5) is 10.7. The highest BCUT2D eigenvalue weighted by Crippen LogP contribution is 2.24. The Morgan fingerprint density at radius 2 is 2.24 bits per heavy atom. The lowest BCUT2D eigenvalue weighted by Gasteiger charge is -2.23. The van der Waals surface area contributed by atoms with Gasteiger partial charge in [0.25, 0.3) is 0 Å². The first-order chi connectivity index (χ1) is 10.1. The van der Waals surface area contributed by atoms with Crippen LogP contribution < -0.4 is 0 Å². The largest absolute Gasteiger partial charge is 0.343 e. The average molecular weight is 325 g/mol. The van der Waals surface area contributed by atoms with Gasteiger partial charge < -0.3 is 9.42 Å². The molecule has 0 fully saturated rings. The molecule has 0 saturated carbocycles. The summed E-state index contributed by atoms with van der Waals surface area (Å²) in [7, 11) is 3.72. The molecule has 0 aliphatic heterocycles. The first-order valence-electron chi connectivity index (χ1n) is 6.40. The Balaban J connectivity index is 2.23. The number of thioether (sulfide) groups is 1. The Bertz CT molecular complexity index is 643. The van der Waals surface area contributed by atoms with E-state index in [1.165, 1.54) is 0 Å². The highest BCUT2D eigenvalue weighted by Gasteiger charge is 2.21. The Hall–Kier alpha value is -1.53. The van der Waals surface area contributed by atoms with E-state index in [0.29, 0.717) is 16.7 Å². The summed E-state index contributed by atoms with van der Waals surface area (Å²) in [6.45, 7) is 2.00. The van der Waals surface area contributed by atoms with Crippen molar-refractivity contribution >= 4 is 28.5 Å². The van der Waals surface area contributed by atoms with E-state index in [1.807, 2.05) is 49.4 Å². The third-order valence-corrected chi connectivity index (χ3v) is 4.21. The third kappa shape index (κ3) is 3.57. The number of nitrogens with zero attached hydrogens (tertiary/aromatic N) is 4. The molecule has 5 nitrogen and oxygen atoms in total. The number of amidine groups is 1. The van der Waals surface area contributed by atoms with Crippen molar-refractivity contribution in [2.45, 2.75) is 13.0 Å². The summed E-state index contributed by atoms with van der Waals surface area (Å²) in [5.41, 5.74) is 0.835. The van der Waals surface area contributed by atoms with Crippen LogP contribution in [0.2, 0.25) is 5.02 Å². The molecule has 0 bridgehead atoms. The summed E-state index contributed by atoms with van der Waals surface area (Å²) in [5.74, 6) is 1.08. The van der Waals surface area contributed by atoms with Crippen LogP contribution in [0.5, 0.6) is 0 Å². The summed E-state index contributed by atoms with van der Waals surface area (Å²) in [5, 5.41) is 5.58. The van der Waals surface area contributed by atoms with Crippen molar-refractivity contribution < 1.29 is 4.52 Å². The average Bonchev–Trinajstić information content (AvgIpc) is 2.97. The number of rotatable bonds is 3. The van der Waals surface area contributed by atoms with Crippen molar-refractivity contribution in [3.05, 3.63) is 35.2 Å². The minimum absolute atomic E-state index is 0.0587. The van der Waals surface area contributed by atoms with Gasteiger partial charge in [-0.15, -0.1) is 0 Å². The fourth-order valence-corrected chi connectivity index (χ4v) is 2.69. The van der Waals surface area contributed by atoms with Crippen LogP contribution >= 0.6 is 23.4 Å². The van der Waals surface area contributed by atoms with Gasteiger partial charge >= 0.3 is 0 Å². The lowest BCUT2D eigenvalue weighted by atomic mass is 10.2. The van der Waals surface area contributed by atoms with Gasteiger partial charge in [-0.1, -0.05) is 40.7 Å². The van der Waals surface area contributed by atoms with E-state index in [1.54, 1.807) is 18.8 Å². The molecule has 0 radical (unpaired) electrons. The first-order valence-corrected chi connectivity index (χ1v) is 8.00. The molecule has 0 spiro atoms. The second-order valence-corrected chi connectivity index (χ2v) is 5.67. The van der Waals surface area contributed by atoms with E-state index in [-0.39, 0.29) is 6.04 Å². The molecule has 0 saturated heterocycles. The Morgan fingerprint density at radius 3 is 2.86 bits per heavy atom.